The minimum Gasteiger partial charge on any atom is -0.488 e. The third kappa shape index (κ3) is 6.45. The number of methoxy groups -OCH3 is 2. The number of ether oxygens (including phenoxy) is 5. The van der Waals surface area contributed by atoms with Gasteiger partial charge >= 0.3 is 18.0 Å². The number of benzene rings is 1. The summed E-state index contributed by atoms with van der Waals surface area (Å²) in [5, 5.41) is 0. The molecule has 198 valence electrons. The highest BCUT2D eigenvalue weighted by atomic mass is 19.1. The van der Waals surface area contributed by atoms with E-state index in [4.69, 9.17) is 23.7 Å². The first-order valence-electron chi connectivity index (χ1n) is 11.7. The van der Waals surface area contributed by atoms with Gasteiger partial charge in [-0.3, -0.25) is 0 Å². The second kappa shape index (κ2) is 11.6. The number of nitrogens with zero attached hydrogens (tertiary/aromatic N) is 2. The largest absolute Gasteiger partial charge is 0.488 e. The number of amides is 1. The van der Waals surface area contributed by atoms with Crippen molar-refractivity contribution in [3.8, 4) is 5.75 Å². The summed E-state index contributed by atoms with van der Waals surface area (Å²) in [5.74, 6) is -2.18. The lowest BCUT2D eigenvalue weighted by molar-refractivity contribution is -0.140. The predicted molar refractivity (Wildman–Crippen MR) is 127 cm³/mol. The number of hydrogen-bond donors (Lipinski definition) is 0. The number of anilines is 1. The number of halogens is 1. The molecule has 1 fully saturated rings. The fourth-order valence-corrected chi connectivity index (χ4v) is 4.00. The predicted octanol–water partition coefficient (Wildman–Crippen LogP) is 3.25. The fourth-order valence-electron chi connectivity index (χ4n) is 4.00. The zero-order valence-corrected chi connectivity index (χ0v) is 21.3. The molecule has 0 unspecified atom stereocenters. The number of para-hydroxylation sites is 1. The van der Waals surface area contributed by atoms with E-state index in [1.54, 1.807) is 11.0 Å². The molecule has 2 heterocycles. The molecule has 1 saturated heterocycles. The van der Waals surface area contributed by atoms with Gasteiger partial charge in [0.1, 0.15) is 18.0 Å². The smallest absolute Gasteiger partial charge is 0.410 e. The number of hydrogen-bond acceptors (Lipinski definition) is 9. The molecule has 1 aromatic carbocycles. The zero-order chi connectivity index (χ0) is 26.5. The molecule has 0 radical (unpaired) electrons. The molecular weight excluding hydrogens is 475 g/mol. The topological polar surface area (TPSA) is 104 Å². The first kappa shape index (κ1) is 27.3. The molecule has 0 atom stereocenters. The molecule has 3 rings (SSSR count). The highest BCUT2D eigenvalue weighted by Crippen LogP contribution is 2.36. The van der Waals surface area contributed by atoms with Crippen LogP contribution in [-0.2, 0) is 28.5 Å². The van der Waals surface area contributed by atoms with Crippen LogP contribution < -0.4 is 9.64 Å². The van der Waals surface area contributed by atoms with Gasteiger partial charge in [-0.1, -0.05) is 6.07 Å². The Labute approximate surface area is 209 Å². The van der Waals surface area contributed by atoms with Crippen molar-refractivity contribution >= 4 is 23.7 Å². The molecule has 11 heteroatoms. The Morgan fingerprint density at radius 2 is 1.75 bits per heavy atom. The molecule has 0 N–H and O–H groups in total. The number of carbonyl (C=O) groups is 3. The summed E-state index contributed by atoms with van der Waals surface area (Å²) in [7, 11) is 2.37. The van der Waals surface area contributed by atoms with Crippen molar-refractivity contribution in [2.75, 3.05) is 52.2 Å². The van der Waals surface area contributed by atoms with Crippen LogP contribution in [0.1, 0.15) is 33.6 Å². The number of likely N-dealkylation sites (tertiary alicyclic amines) is 1. The Morgan fingerprint density at radius 1 is 1.08 bits per heavy atom. The van der Waals surface area contributed by atoms with E-state index in [9.17, 15) is 18.8 Å². The average Bonchev–Trinajstić information content (AvgIpc) is 2.85. The maximum atomic E-state index is 14.9. The van der Waals surface area contributed by atoms with E-state index < -0.39 is 23.4 Å². The van der Waals surface area contributed by atoms with E-state index in [2.05, 4.69) is 0 Å². The third-order valence-electron chi connectivity index (χ3n) is 5.80. The summed E-state index contributed by atoms with van der Waals surface area (Å²) >= 11 is 0. The number of carbonyl (C=O) groups excluding carboxylic acids is 3. The average molecular weight is 509 g/mol. The normalized spacial score (nSPS) is 17.1. The molecule has 0 spiro atoms. The summed E-state index contributed by atoms with van der Waals surface area (Å²) in [6.07, 6.45) is 0.970. The molecule has 0 aliphatic carbocycles. The minimum absolute atomic E-state index is 0.0414. The lowest BCUT2D eigenvalue weighted by Crippen LogP contribution is -2.42. The van der Waals surface area contributed by atoms with E-state index >= 15 is 0 Å². The quantitative estimate of drug-likeness (QED) is 0.423. The van der Waals surface area contributed by atoms with Crippen LogP contribution in [0.25, 0.3) is 0 Å². The van der Waals surface area contributed by atoms with Crippen LogP contribution in [0, 0.1) is 11.7 Å². The minimum atomic E-state index is -0.788. The van der Waals surface area contributed by atoms with Gasteiger partial charge in [-0.15, -0.1) is 0 Å². The lowest BCUT2D eigenvalue weighted by Gasteiger charge is -2.34. The van der Waals surface area contributed by atoms with Crippen LogP contribution in [0.15, 0.2) is 29.5 Å². The second-order valence-electron chi connectivity index (χ2n) is 9.53. The Kier molecular flexibility index (Phi) is 8.78. The lowest BCUT2D eigenvalue weighted by atomic mass is 9.98. The third-order valence-corrected chi connectivity index (χ3v) is 5.80. The summed E-state index contributed by atoms with van der Waals surface area (Å²) in [4.78, 5) is 40.2. The second-order valence-corrected chi connectivity index (χ2v) is 9.53. The maximum Gasteiger partial charge on any atom is 0.410 e. The molecule has 0 aromatic heterocycles. The molecule has 0 bridgehead atoms. The van der Waals surface area contributed by atoms with Crippen LogP contribution in [-0.4, -0.2) is 75.8 Å². The Morgan fingerprint density at radius 3 is 2.36 bits per heavy atom. The number of piperidine rings is 1. The summed E-state index contributed by atoms with van der Waals surface area (Å²) in [5.41, 5.74) is -0.499. The molecule has 1 aromatic rings. The molecule has 10 nitrogen and oxygen atoms in total. The van der Waals surface area contributed by atoms with E-state index in [1.807, 2.05) is 20.8 Å². The SMILES string of the molecule is COC(=O)C1=C(C(=O)OC)N(c2cccc(F)c2OCC2CCN(C(=O)OC(C)(C)C)CC2)COC1. The Bertz CT molecular complexity index is 1010. The summed E-state index contributed by atoms with van der Waals surface area (Å²) in [6.45, 7) is 6.38. The summed E-state index contributed by atoms with van der Waals surface area (Å²) in [6, 6.07) is 4.28. The first-order valence-corrected chi connectivity index (χ1v) is 11.7. The number of rotatable bonds is 6. The van der Waals surface area contributed by atoms with Gasteiger partial charge < -0.3 is 33.5 Å². The molecular formula is C25H33FN2O8. The van der Waals surface area contributed by atoms with Crippen molar-refractivity contribution in [3.05, 3.63) is 35.3 Å². The van der Waals surface area contributed by atoms with Crippen LogP contribution in [0.3, 0.4) is 0 Å². The van der Waals surface area contributed by atoms with Crippen molar-refractivity contribution in [2.45, 2.75) is 39.2 Å². The van der Waals surface area contributed by atoms with Crippen molar-refractivity contribution in [1.29, 1.82) is 0 Å². The summed E-state index contributed by atoms with van der Waals surface area (Å²) < 4.78 is 41.4. The van der Waals surface area contributed by atoms with Crippen molar-refractivity contribution in [3.63, 3.8) is 0 Å². The van der Waals surface area contributed by atoms with Crippen LogP contribution in [0.2, 0.25) is 0 Å². The Balaban J connectivity index is 1.76. The van der Waals surface area contributed by atoms with E-state index in [1.165, 1.54) is 31.3 Å². The van der Waals surface area contributed by atoms with Crippen LogP contribution >= 0.6 is 0 Å². The maximum absolute atomic E-state index is 14.9. The van der Waals surface area contributed by atoms with Crippen molar-refractivity contribution in [2.24, 2.45) is 5.92 Å². The van der Waals surface area contributed by atoms with Gasteiger partial charge in [-0.25, -0.2) is 18.8 Å². The Hall–Kier alpha value is -3.34. The fraction of sp³-hybridized carbons (Fsp3) is 0.560. The van der Waals surface area contributed by atoms with Crippen LogP contribution in [0.5, 0.6) is 5.75 Å². The van der Waals surface area contributed by atoms with E-state index in [-0.39, 0.29) is 54.7 Å². The monoisotopic (exact) mass is 508 g/mol. The van der Waals surface area contributed by atoms with E-state index in [0.717, 1.165) is 0 Å². The number of esters is 2. The van der Waals surface area contributed by atoms with Gasteiger partial charge in [0.2, 0.25) is 0 Å². The zero-order valence-electron chi connectivity index (χ0n) is 21.3. The molecule has 1 amide bonds. The van der Waals surface area contributed by atoms with Crippen LogP contribution in [0.4, 0.5) is 14.9 Å². The first-order chi connectivity index (χ1) is 17.1. The van der Waals surface area contributed by atoms with Crippen molar-refractivity contribution < 1.29 is 42.5 Å². The highest BCUT2D eigenvalue weighted by molar-refractivity contribution is 6.03. The molecule has 0 saturated carbocycles. The van der Waals surface area contributed by atoms with Gasteiger partial charge in [0.25, 0.3) is 0 Å². The molecule has 36 heavy (non-hydrogen) atoms. The highest BCUT2D eigenvalue weighted by Gasteiger charge is 2.34. The van der Waals surface area contributed by atoms with Gasteiger partial charge in [-0.2, -0.15) is 0 Å². The van der Waals surface area contributed by atoms with Gasteiger partial charge in [0.15, 0.2) is 11.6 Å². The van der Waals surface area contributed by atoms with Gasteiger partial charge in [0, 0.05) is 13.1 Å². The van der Waals surface area contributed by atoms with Gasteiger partial charge in [-0.05, 0) is 51.7 Å². The molecule has 2 aliphatic heterocycles. The standard InChI is InChI=1S/C25H33FN2O8/c1-25(2,3)36-24(31)27-11-9-16(10-12-27)13-35-21-18(26)7-6-8-19(21)28-15-34-14-17(22(29)32-4)20(28)23(30)33-5/h6-8,16H,9-15H2,1-5H3. The van der Waals surface area contributed by atoms with E-state index in [0.29, 0.717) is 25.9 Å². The van der Waals surface area contributed by atoms with Crippen molar-refractivity contribution in [1.82, 2.24) is 4.90 Å². The molecule has 2 aliphatic rings. The van der Waals surface area contributed by atoms with Gasteiger partial charge in [0.05, 0.1) is 38.7 Å².